The summed E-state index contributed by atoms with van der Waals surface area (Å²) in [6, 6.07) is 7.39. The number of amides is 4. The molecule has 4 atom stereocenters. The number of nitrogens with one attached hydrogen (secondary N) is 3. The number of urea groups is 1. The number of fused-ring (bicyclic) bond motifs is 2. The maximum absolute atomic E-state index is 13.7. The van der Waals surface area contributed by atoms with Crippen molar-refractivity contribution in [2.45, 2.75) is 152 Å². The summed E-state index contributed by atoms with van der Waals surface area (Å²) >= 11 is 3.28. The first-order valence-electron chi connectivity index (χ1n) is 29.3. The Kier molecular flexibility index (Phi) is 24.3. The molecule has 0 unspecified atom stereocenters. The van der Waals surface area contributed by atoms with Crippen LogP contribution in [0.15, 0.2) is 60.4 Å². The normalized spacial score (nSPS) is 19.4. The van der Waals surface area contributed by atoms with Gasteiger partial charge in [-0.3, -0.25) is 38.6 Å². The third-order valence-electron chi connectivity index (χ3n) is 15.6. The van der Waals surface area contributed by atoms with Crippen LogP contribution < -0.4 is 21.7 Å². The number of nitrogens with zero attached hydrogens (tertiary/aromatic N) is 7. The number of carbonyl (C=O) groups excluding carboxylic acids is 6. The lowest BCUT2D eigenvalue weighted by Crippen LogP contribution is -2.46. The van der Waals surface area contributed by atoms with Crippen LogP contribution in [-0.4, -0.2) is 165 Å². The molecule has 0 bridgehead atoms. The van der Waals surface area contributed by atoms with Crippen LogP contribution in [0.1, 0.15) is 151 Å². The van der Waals surface area contributed by atoms with Crippen LogP contribution in [0.4, 0.5) is 15.7 Å². The van der Waals surface area contributed by atoms with E-state index >= 15 is 0 Å². The van der Waals surface area contributed by atoms with Crippen molar-refractivity contribution in [1.82, 2.24) is 44.7 Å². The highest BCUT2D eigenvalue weighted by Gasteiger charge is 2.42. The van der Waals surface area contributed by atoms with Crippen LogP contribution in [0.5, 0.6) is 0 Å². The van der Waals surface area contributed by atoms with E-state index < -0.39 is 0 Å². The average molecular weight is 1140 g/mol. The molecule has 4 aromatic rings. The van der Waals surface area contributed by atoms with Gasteiger partial charge in [0, 0.05) is 156 Å². The van der Waals surface area contributed by atoms with Gasteiger partial charge >= 0.3 is 6.03 Å². The van der Waals surface area contributed by atoms with Gasteiger partial charge in [-0.15, -0.1) is 11.3 Å². The molecule has 80 heavy (non-hydrogen) atoms. The molecule has 4 amide bonds. The lowest BCUT2D eigenvalue weighted by molar-refractivity contribution is -0.127. The van der Waals surface area contributed by atoms with Crippen molar-refractivity contribution >= 4 is 74.8 Å². The highest BCUT2D eigenvalue weighted by Crippen LogP contribution is 2.37. The van der Waals surface area contributed by atoms with E-state index in [9.17, 15) is 28.8 Å². The number of piperazine rings is 1. The number of rotatable bonds is 36. The van der Waals surface area contributed by atoms with Gasteiger partial charge in [0.1, 0.15) is 40.2 Å². The molecule has 0 radical (unpaired) electrons. The molecule has 1 aromatic carbocycles. The standard InChI is InChI=1S/C59H83N11O8S2/c60-55-54-52(43-23-25-44(26-24-43)57(75)66-59-62-28-41-79-59)64-56(70(54)32-27-61-55)49-20-12-31-69(49)51(74)22-13-30-68-35-33-67(34-36-68)29-11-19-47(73)18-10-17-46(72)16-5-9-40-78-38-7-1-6-37-77-39-8-4-15-45(71)14-2-3-21-50-53-48(42-80-50)63-58(76)65-53/h13,22-28,32,41,48-50,53H,1-12,14-21,29-31,33-40,42H2,(H2,60,61)(H,62,66,75)(H2,63,65,76)/b22-13+/t48-,49-,50-,53-/m0/s1. The van der Waals surface area contributed by atoms with E-state index in [4.69, 9.17) is 20.2 Å². The second-order valence-corrected chi connectivity index (χ2v) is 23.8. The van der Waals surface area contributed by atoms with Crippen molar-refractivity contribution in [3.05, 3.63) is 71.8 Å². The predicted octanol–water partition coefficient (Wildman–Crippen LogP) is 8.45. The van der Waals surface area contributed by atoms with Gasteiger partial charge in [0.15, 0.2) is 5.13 Å². The van der Waals surface area contributed by atoms with Gasteiger partial charge in [0.25, 0.3) is 5.91 Å². The first-order chi connectivity index (χ1) is 39.1. The minimum atomic E-state index is -0.253. The molecule has 4 saturated heterocycles. The second kappa shape index (κ2) is 32.2. The van der Waals surface area contributed by atoms with Crippen LogP contribution >= 0.6 is 23.1 Å². The monoisotopic (exact) mass is 1140 g/mol. The number of anilines is 2. The maximum atomic E-state index is 13.7. The summed E-state index contributed by atoms with van der Waals surface area (Å²) in [5.41, 5.74) is 9.01. The predicted molar refractivity (Wildman–Crippen MR) is 314 cm³/mol. The van der Waals surface area contributed by atoms with E-state index in [1.54, 1.807) is 36.0 Å². The number of nitrogens with two attached hydrogens (primary N) is 1. The van der Waals surface area contributed by atoms with Crippen molar-refractivity contribution in [2.75, 3.05) is 89.0 Å². The molecular weight excluding hydrogens is 1050 g/mol. The molecule has 4 fully saturated rings. The van der Waals surface area contributed by atoms with Gasteiger partial charge in [-0.05, 0) is 102 Å². The topological polar surface area (TPSA) is 236 Å². The molecule has 21 heteroatoms. The quantitative estimate of drug-likeness (QED) is 0.0190. The van der Waals surface area contributed by atoms with E-state index in [-0.39, 0.29) is 47.5 Å². The number of thiazole rings is 1. The zero-order valence-corrected chi connectivity index (χ0v) is 48.1. The molecule has 19 nitrogen and oxygen atoms in total. The van der Waals surface area contributed by atoms with Crippen molar-refractivity contribution in [1.29, 1.82) is 0 Å². The van der Waals surface area contributed by atoms with Gasteiger partial charge in [-0.1, -0.05) is 24.6 Å². The zero-order chi connectivity index (χ0) is 55.9. The van der Waals surface area contributed by atoms with E-state index in [1.807, 2.05) is 45.5 Å². The third kappa shape index (κ3) is 18.5. The SMILES string of the molecule is Nc1nccn2c([C@@H]3CCCN3C(=O)/C=C/CN3CCN(CCCC(=O)CCCC(=O)CCCCOCCCCCOCCCCC(=O)CCCC[C@@H]4SC[C@@H]5NC(=O)N[C@@H]54)CC3)nc(-c3ccc(C(=O)Nc4nccs4)cc3)c12. The number of carbonyl (C=O) groups is 6. The van der Waals surface area contributed by atoms with Crippen molar-refractivity contribution in [2.24, 2.45) is 0 Å². The summed E-state index contributed by atoms with van der Waals surface area (Å²) in [6.07, 6.45) is 24.6. The number of imidazole rings is 1. The summed E-state index contributed by atoms with van der Waals surface area (Å²) in [5.74, 6) is 2.52. The molecule has 0 saturated carbocycles. The van der Waals surface area contributed by atoms with Gasteiger partial charge in [-0.2, -0.15) is 11.8 Å². The number of ether oxygens (including phenoxy) is 2. The molecule has 3 aromatic heterocycles. The average Bonchev–Trinajstić information content (AvgIpc) is 4.47. The van der Waals surface area contributed by atoms with Gasteiger partial charge < -0.3 is 35.6 Å². The maximum Gasteiger partial charge on any atom is 0.315 e. The Hall–Kier alpha value is -5.58. The molecule has 5 N–H and O–H groups in total. The Bertz CT molecular complexity index is 2660. The van der Waals surface area contributed by atoms with Crippen molar-refractivity contribution in [3.8, 4) is 11.3 Å². The molecular formula is C59H83N11O8S2. The summed E-state index contributed by atoms with van der Waals surface area (Å²) in [7, 11) is 0. The number of benzene rings is 1. The van der Waals surface area contributed by atoms with Gasteiger partial charge in [-0.25, -0.2) is 19.7 Å². The molecule has 4 aliphatic heterocycles. The Morgan fingerprint density at radius 1 is 0.738 bits per heavy atom. The molecule has 0 aliphatic carbocycles. The first kappa shape index (κ1) is 60.5. The minimum absolute atomic E-state index is 0.0476. The van der Waals surface area contributed by atoms with E-state index in [2.05, 4.69) is 35.7 Å². The first-order valence-corrected chi connectivity index (χ1v) is 31.3. The summed E-state index contributed by atoms with van der Waals surface area (Å²) in [5, 5.41) is 11.6. The second-order valence-electron chi connectivity index (χ2n) is 21.6. The van der Waals surface area contributed by atoms with E-state index in [1.165, 1.54) is 11.3 Å². The zero-order valence-electron chi connectivity index (χ0n) is 46.5. The minimum Gasteiger partial charge on any atom is -0.382 e. The number of aromatic nitrogens is 4. The van der Waals surface area contributed by atoms with Gasteiger partial charge in [0.2, 0.25) is 5.91 Å². The number of unbranched alkanes of at least 4 members (excludes halogenated alkanes) is 5. The van der Waals surface area contributed by atoms with Crippen molar-refractivity contribution in [3.63, 3.8) is 0 Å². The number of likely N-dealkylation sites (tertiary alicyclic amines) is 1. The Balaban J connectivity index is 0.593. The highest BCUT2D eigenvalue weighted by molar-refractivity contribution is 8.00. The summed E-state index contributed by atoms with van der Waals surface area (Å²) in [6.45, 7) is 8.59. The fourth-order valence-corrected chi connectivity index (χ4v) is 13.2. The number of ketones is 3. The van der Waals surface area contributed by atoms with Crippen molar-refractivity contribution < 1.29 is 38.2 Å². The fraction of sp³-hybridized carbons (Fsp3) is 0.610. The fourth-order valence-electron chi connectivity index (χ4n) is 11.2. The largest absolute Gasteiger partial charge is 0.382 e. The van der Waals surface area contributed by atoms with E-state index in [0.29, 0.717) is 110 Å². The number of thioether (sulfide) groups is 1. The lowest BCUT2D eigenvalue weighted by Gasteiger charge is -2.34. The lowest BCUT2D eigenvalue weighted by atomic mass is 10.0. The van der Waals surface area contributed by atoms with Crippen LogP contribution in [0, 0.1) is 0 Å². The molecule has 8 rings (SSSR count). The number of nitrogen functional groups attached to an aromatic ring is 1. The third-order valence-corrected chi connectivity index (χ3v) is 17.8. The van der Waals surface area contributed by atoms with Crippen LogP contribution in [0.25, 0.3) is 16.8 Å². The van der Waals surface area contributed by atoms with E-state index in [0.717, 1.165) is 147 Å². The highest BCUT2D eigenvalue weighted by atomic mass is 32.2. The molecule has 0 spiro atoms. The summed E-state index contributed by atoms with van der Waals surface area (Å²) < 4.78 is 13.5. The number of Topliss-reactive ketones (excluding diaryl/α,β-unsaturated/α-hetero) is 3. The van der Waals surface area contributed by atoms with Crippen LogP contribution in [0.2, 0.25) is 0 Å². The Morgan fingerprint density at radius 2 is 1.39 bits per heavy atom. The summed E-state index contributed by atoms with van der Waals surface area (Å²) in [4.78, 5) is 95.7. The molecule has 7 heterocycles. The van der Waals surface area contributed by atoms with Crippen LogP contribution in [-0.2, 0) is 28.7 Å². The molecule has 4 aliphatic rings. The Morgan fingerprint density at radius 3 is 2.08 bits per heavy atom. The molecule has 434 valence electrons. The Labute approximate surface area is 479 Å². The smallest absolute Gasteiger partial charge is 0.315 e. The van der Waals surface area contributed by atoms with Crippen LogP contribution in [0.3, 0.4) is 0 Å². The van der Waals surface area contributed by atoms with Gasteiger partial charge in [0.05, 0.1) is 18.1 Å². The number of hydrogen-bond donors (Lipinski definition) is 4. The number of hydrogen-bond acceptors (Lipinski definition) is 16.